The molecule has 1 heterocycles. The molecule has 19 heavy (non-hydrogen) atoms. The molecule has 98 valence electrons. The Morgan fingerprint density at radius 2 is 2.11 bits per heavy atom. The van der Waals surface area contributed by atoms with Gasteiger partial charge in [0.2, 0.25) is 5.78 Å². The van der Waals surface area contributed by atoms with Gasteiger partial charge in [-0.15, -0.1) is 0 Å². The van der Waals surface area contributed by atoms with Crippen molar-refractivity contribution in [3.05, 3.63) is 52.8 Å². The van der Waals surface area contributed by atoms with Crippen LogP contribution in [0.4, 0.5) is 5.69 Å². The number of nitrogens with zero attached hydrogens (tertiary/aromatic N) is 2. The van der Waals surface area contributed by atoms with Crippen molar-refractivity contribution in [3.8, 4) is 0 Å². The van der Waals surface area contributed by atoms with Crippen molar-refractivity contribution in [2.24, 2.45) is 0 Å². The predicted octanol–water partition coefficient (Wildman–Crippen LogP) is 3.03. The van der Waals surface area contributed by atoms with Gasteiger partial charge in [0.15, 0.2) is 0 Å². The Morgan fingerprint density at radius 1 is 1.42 bits per heavy atom. The molecule has 5 heteroatoms. The average Bonchev–Trinajstić information content (AvgIpc) is 2.79. The van der Waals surface area contributed by atoms with E-state index in [-0.39, 0.29) is 5.78 Å². The summed E-state index contributed by atoms with van der Waals surface area (Å²) in [6.07, 6.45) is 4.70. The second-order valence-electron chi connectivity index (χ2n) is 4.02. The number of halogens is 1. The van der Waals surface area contributed by atoms with E-state index >= 15 is 0 Å². The minimum atomic E-state index is -0.166. The molecule has 1 aromatic carbocycles. The Kier molecular flexibility index (Phi) is 4.02. The third-order valence-corrected chi connectivity index (χ3v) is 2.97. The summed E-state index contributed by atoms with van der Waals surface area (Å²) in [5, 5.41) is 4.40. The number of carbonyl (C=O) groups is 1. The molecule has 0 amide bonds. The molecule has 0 atom stereocenters. The van der Waals surface area contributed by atoms with E-state index < -0.39 is 0 Å². The van der Waals surface area contributed by atoms with Crippen LogP contribution in [0, 0.1) is 0 Å². The van der Waals surface area contributed by atoms with E-state index in [9.17, 15) is 4.79 Å². The van der Waals surface area contributed by atoms with Crippen LogP contribution in [0.2, 0.25) is 5.02 Å². The van der Waals surface area contributed by atoms with Crippen LogP contribution >= 0.6 is 11.6 Å². The van der Waals surface area contributed by atoms with Gasteiger partial charge >= 0.3 is 0 Å². The zero-order valence-electron chi connectivity index (χ0n) is 10.5. The summed E-state index contributed by atoms with van der Waals surface area (Å²) in [6.45, 7) is 2.51. The first kappa shape index (κ1) is 13.4. The van der Waals surface area contributed by atoms with Crippen molar-refractivity contribution >= 4 is 29.1 Å². The molecule has 0 aliphatic carbocycles. The van der Waals surface area contributed by atoms with Crippen LogP contribution in [-0.2, 0) is 6.54 Å². The number of rotatable bonds is 4. The fourth-order valence-corrected chi connectivity index (χ4v) is 1.94. The molecule has 0 radical (unpaired) electrons. The maximum atomic E-state index is 12.1. The number of carbonyl (C=O) groups excluding carboxylic acids is 1. The van der Waals surface area contributed by atoms with E-state index in [4.69, 9.17) is 17.3 Å². The molecule has 0 fully saturated rings. The quantitative estimate of drug-likeness (QED) is 0.530. The normalized spacial score (nSPS) is 11.1. The minimum absolute atomic E-state index is 0.166. The van der Waals surface area contributed by atoms with Gasteiger partial charge in [-0.3, -0.25) is 9.48 Å². The number of nitrogens with two attached hydrogens (primary N) is 1. The highest BCUT2D eigenvalue weighted by Crippen LogP contribution is 2.17. The average molecular weight is 276 g/mol. The number of benzene rings is 1. The highest BCUT2D eigenvalue weighted by atomic mass is 35.5. The SMILES string of the molecule is CCn1ncc(Cl)c1C(=O)/C=C/c1ccc(N)cc1. The second-order valence-corrected chi connectivity index (χ2v) is 4.43. The molecule has 0 spiro atoms. The molecule has 0 unspecified atom stereocenters. The van der Waals surface area contributed by atoms with Crippen molar-refractivity contribution in [1.82, 2.24) is 9.78 Å². The Labute approximate surface area is 116 Å². The largest absolute Gasteiger partial charge is 0.399 e. The molecule has 0 saturated carbocycles. The van der Waals surface area contributed by atoms with Crippen molar-refractivity contribution in [2.75, 3.05) is 5.73 Å². The summed E-state index contributed by atoms with van der Waals surface area (Å²) in [6, 6.07) is 7.26. The van der Waals surface area contributed by atoms with Crippen molar-refractivity contribution in [1.29, 1.82) is 0 Å². The Bertz CT molecular complexity index is 614. The molecule has 2 aromatic rings. The lowest BCUT2D eigenvalue weighted by atomic mass is 10.1. The van der Waals surface area contributed by atoms with Crippen LogP contribution in [0.1, 0.15) is 23.0 Å². The van der Waals surface area contributed by atoms with Gasteiger partial charge in [0.05, 0.1) is 11.2 Å². The zero-order chi connectivity index (χ0) is 13.8. The maximum Gasteiger partial charge on any atom is 0.205 e. The molecule has 4 nitrogen and oxygen atoms in total. The van der Waals surface area contributed by atoms with E-state index in [1.165, 1.54) is 12.3 Å². The first-order valence-electron chi connectivity index (χ1n) is 5.91. The molecule has 0 aliphatic heterocycles. The summed E-state index contributed by atoms with van der Waals surface area (Å²) in [7, 11) is 0. The summed E-state index contributed by atoms with van der Waals surface area (Å²) >= 11 is 5.97. The summed E-state index contributed by atoms with van der Waals surface area (Å²) < 4.78 is 1.58. The lowest BCUT2D eigenvalue weighted by molar-refractivity contribution is 0.103. The topological polar surface area (TPSA) is 60.9 Å². The second kappa shape index (κ2) is 5.71. The van der Waals surface area contributed by atoms with E-state index in [0.717, 1.165) is 5.56 Å². The summed E-state index contributed by atoms with van der Waals surface area (Å²) in [5.41, 5.74) is 7.60. The van der Waals surface area contributed by atoms with Gasteiger partial charge in [0, 0.05) is 12.2 Å². The first-order chi connectivity index (χ1) is 9.11. The Balaban J connectivity index is 2.21. The molecule has 0 saturated heterocycles. The van der Waals surface area contributed by atoms with Crippen LogP contribution in [0.15, 0.2) is 36.5 Å². The number of aromatic nitrogens is 2. The van der Waals surface area contributed by atoms with E-state index in [1.807, 2.05) is 19.1 Å². The number of anilines is 1. The molecule has 2 N–H and O–H groups in total. The van der Waals surface area contributed by atoms with Crippen LogP contribution in [-0.4, -0.2) is 15.6 Å². The van der Waals surface area contributed by atoms with Gasteiger partial charge in [0.25, 0.3) is 0 Å². The molecule has 0 aliphatic rings. The number of hydrogen-bond donors (Lipinski definition) is 1. The molecular weight excluding hydrogens is 262 g/mol. The van der Waals surface area contributed by atoms with Crippen molar-refractivity contribution < 1.29 is 4.79 Å². The highest BCUT2D eigenvalue weighted by Gasteiger charge is 2.13. The Morgan fingerprint density at radius 3 is 2.74 bits per heavy atom. The Hall–Kier alpha value is -2.07. The van der Waals surface area contributed by atoms with E-state index in [1.54, 1.807) is 22.9 Å². The number of ketones is 1. The number of nitrogen functional groups attached to an aromatic ring is 1. The van der Waals surface area contributed by atoms with Crippen LogP contribution in [0.3, 0.4) is 0 Å². The number of aryl methyl sites for hydroxylation is 1. The lowest BCUT2D eigenvalue weighted by Gasteiger charge is -2.01. The monoisotopic (exact) mass is 275 g/mol. The predicted molar refractivity (Wildman–Crippen MR) is 77.1 cm³/mol. The van der Waals surface area contributed by atoms with Crippen molar-refractivity contribution in [2.45, 2.75) is 13.5 Å². The number of allylic oxidation sites excluding steroid dienone is 1. The van der Waals surface area contributed by atoms with Crippen LogP contribution < -0.4 is 5.73 Å². The van der Waals surface area contributed by atoms with Crippen LogP contribution in [0.25, 0.3) is 6.08 Å². The lowest BCUT2D eigenvalue weighted by Crippen LogP contribution is -2.07. The van der Waals surface area contributed by atoms with E-state index in [2.05, 4.69) is 5.10 Å². The first-order valence-corrected chi connectivity index (χ1v) is 6.29. The summed E-state index contributed by atoms with van der Waals surface area (Å²) in [5.74, 6) is -0.166. The van der Waals surface area contributed by atoms with Crippen LogP contribution in [0.5, 0.6) is 0 Å². The highest BCUT2D eigenvalue weighted by molar-refractivity contribution is 6.34. The van der Waals surface area contributed by atoms with Gasteiger partial charge in [-0.2, -0.15) is 5.10 Å². The molecular formula is C14H14ClN3O. The number of hydrogen-bond acceptors (Lipinski definition) is 3. The van der Waals surface area contributed by atoms with Gasteiger partial charge in [-0.25, -0.2) is 0 Å². The van der Waals surface area contributed by atoms with Gasteiger partial charge in [-0.1, -0.05) is 29.8 Å². The zero-order valence-corrected chi connectivity index (χ0v) is 11.3. The third kappa shape index (κ3) is 3.03. The van der Waals surface area contributed by atoms with E-state index in [0.29, 0.717) is 22.9 Å². The molecule has 1 aromatic heterocycles. The fourth-order valence-electron chi connectivity index (χ4n) is 1.71. The minimum Gasteiger partial charge on any atom is -0.399 e. The van der Waals surface area contributed by atoms with Gasteiger partial charge < -0.3 is 5.73 Å². The fraction of sp³-hybridized carbons (Fsp3) is 0.143. The summed E-state index contributed by atoms with van der Waals surface area (Å²) in [4.78, 5) is 12.1. The smallest absolute Gasteiger partial charge is 0.205 e. The third-order valence-electron chi connectivity index (χ3n) is 2.69. The standard InChI is InChI=1S/C14H14ClN3O/c1-2-18-14(12(15)9-17-18)13(19)8-5-10-3-6-11(16)7-4-10/h3-9H,2,16H2,1H3/b8-5+. The van der Waals surface area contributed by atoms with Gasteiger partial charge in [-0.05, 0) is 30.7 Å². The maximum absolute atomic E-state index is 12.1. The molecule has 2 rings (SSSR count). The van der Waals surface area contributed by atoms with Gasteiger partial charge in [0.1, 0.15) is 5.69 Å². The molecule has 0 bridgehead atoms. The van der Waals surface area contributed by atoms with Crippen molar-refractivity contribution in [3.63, 3.8) is 0 Å².